The Labute approximate surface area is 185 Å². The van der Waals surface area contributed by atoms with Crippen LogP contribution in [-0.4, -0.2) is 43.7 Å². The molecular weight excluding hydrogens is 388 g/mol. The fourth-order valence-electron chi connectivity index (χ4n) is 5.37. The molecule has 168 valence electrons. The lowest BCUT2D eigenvalue weighted by Gasteiger charge is -2.43. The SMILES string of the molecule is C[C@H]1/C(=N\C(=O)OC(C)(C)C)[C@@H]([SiH](C(C)(C)C)C(C)(C)C)CN1Cc1ccccc1. The Morgan fingerprint density at radius 1 is 1.03 bits per heavy atom. The average molecular weight is 431 g/mol. The number of likely N-dealkylation sites (tertiary alicyclic amines) is 1. The van der Waals surface area contributed by atoms with E-state index in [0.29, 0.717) is 5.54 Å². The summed E-state index contributed by atoms with van der Waals surface area (Å²) in [5.74, 6) is 0. The standard InChI is InChI=1S/C25H42N2O2Si/c1-18-21(26-22(28)29-23(2,3)4)20(30(24(5,6)7)25(8,9)10)17-27(18)16-19-14-12-11-13-15-19/h11-15,18,20,30H,16-17H2,1-10H3/b26-21+/t18-,20-/m0/s1. The lowest BCUT2D eigenvalue weighted by molar-refractivity contribution is 0.0603. The van der Waals surface area contributed by atoms with Crippen LogP contribution >= 0.6 is 0 Å². The van der Waals surface area contributed by atoms with Gasteiger partial charge in [-0.05, 0) is 43.3 Å². The lowest BCUT2D eigenvalue weighted by atomic mass is 10.1. The second-order valence-electron chi connectivity index (χ2n) is 11.9. The van der Waals surface area contributed by atoms with E-state index in [1.54, 1.807) is 0 Å². The van der Waals surface area contributed by atoms with E-state index < -0.39 is 20.5 Å². The molecule has 0 unspecified atom stereocenters. The summed E-state index contributed by atoms with van der Waals surface area (Å²) in [7, 11) is -1.40. The Morgan fingerprint density at radius 2 is 1.57 bits per heavy atom. The third-order valence-corrected chi connectivity index (χ3v) is 11.0. The molecule has 30 heavy (non-hydrogen) atoms. The molecule has 0 radical (unpaired) electrons. The van der Waals surface area contributed by atoms with E-state index in [9.17, 15) is 4.79 Å². The van der Waals surface area contributed by atoms with Crippen molar-refractivity contribution in [1.29, 1.82) is 0 Å². The van der Waals surface area contributed by atoms with Crippen LogP contribution in [0, 0.1) is 0 Å². The summed E-state index contributed by atoms with van der Waals surface area (Å²) in [4.78, 5) is 19.8. The number of amides is 1. The molecular formula is C25H42N2O2Si. The largest absolute Gasteiger partial charge is 0.442 e. The quantitative estimate of drug-likeness (QED) is 0.516. The van der Waals surface area contributed by atoms with Crippen molar-refractivity contribution in [3.8, 4) is 0 Å². The van der Waals surface area contributed by atoms with E-state index in [4.69, 9.17) is 4.74 Å². The highest BCUT2D eigenvalue weighted by Gasteiger charge is 2.49. The molecule has 4 nitrogen and oxygen atoms in total. The van der Waals surface area contributed by atoms with Crippen molar-refractivity contribution in [1.82, 2.24) is 4.90 Å². The molecule has 1 saturated heterocycles. The van der Waals surface area contributed by atoms with Gasteiger partial charge in [-0.25, -0.2) is 4.79 Å². The van der Waals surface area contributed by atoms with Gasteiger partial charge in [0.25, 0.3) is 0 Å². The van der Waals surface area contributed by atoms with Crippen molar-refractivity contribution in [3.05, 3.63) is 35.9 Å². The number of rotatable bonds is 3. The average Bonchev–Trinajstić information content (AvgIpc) is 2.80. The molecule has 2 atom stereocenters. The van der Waals surface area contributed by atoms with Crippen LogP contribution in [0.2, 0.25) is 15.6 Å². The van der Waals surface area contributed by atoms with Gasteiger partial charge in [0.15, 0.2) is 0 Å². The molecule has 1 heterocycles. The molecule has 1 fully saturated rings. The van der Waals surface area contributed by atoms with Gasteiger partial charge >= 0.3 is 6.09 Å². The van der Waals surface area contributed by atoms with Gasteiger partial charge in [0, 0.05) is 30.4 Å². The summed E-state index contributed by atoms with van der Waals surface area (Å²) in [6.07, 6.45) is -0.452. The number of hydrogen-bond acceptors (Lipinski definition) is 3. The molecule has 1 aliphatic heterocycles. The first-order valence-corrected chi connectivity index (χ1v) is 13.0. The van der Waals surface area contributed by atoms with Gasteiger partial charge in [-0.1, -0.05) is 71.9 Å². The molecule has 1 amide bonds. The molecule has 0 saturated carbocycles. The number of nitrogens with zero attached hydrogens (tertiary/aromatic N) is 2. The maximum absolute atomic E-state index is 12.7. The molecule has 2 rings (SSSR count). The summed E-state index contributed by atoms with van der Waals surface area (Å²) in [6.45, 7) is 23.9. The molecule has 0 spiro atoms. The van der Waals surface area contributed by atoms with Gasteiger partial charge in [0.1, 0.15) is 5.60 Å². The molecule has 0 N–H and O–H groups in total. The lowest BCUT2D eigenvalue weighted by Crippen LogP contribution is -2.43. The van der Waals surface area contributed by atoms with Gasteiger partial charge in [-0.15, -0.1) is 0 Å². The highest BCUT2D eigenvalue weighted by atomic mass is 28.3. The third-order valence-electron chi connectivity index (χ3n) is 5.90. The van der Waals surface area contributed by atoms with E-state index in [-0.39, 0.29) is 16.1 Å². The van der Waals surface area contributed by atoms with Gasteiger partial charge < -0.3 is 4.74 Å². The normalized spacial score (nSPS) is 22.7. The first-order chi connectivity index (χ1) is 13.6. The van der Waals surface area contributed by atoms with Crippen LogP contribution in [0.5, 0.6) is 0 Å². The van der Waals surface area contributed by atoms with E-state index in [2.05, 4.69) is 88.7 Å². The molecule has 0 bridgehead atoms. The van der Waals surface area contributed by atoms with Crippen molar-refractivity contribution in [3.63, 3.8) is 0 Å². The zero-order valence-corrected chi connectivity index (χ0v) is 21.9. The first-order valence-electron chi connectivity index (χ1n) is 11.2. The minimum Gasteiger partial charge on any atom is -0.442 e. The highest BCUT2D eigenvalue weighted by Crippen LogP contribution is 2.50. The number of hydrogen-bond donors (Lipinski definition) is 0. The second-order valence-corrected chi connectivity index (χ2v) is 17.1. The number of ether oxygens (including phenoxy) is 1. The van der Waals surface area contributed by atoms with Crippen molar-refractivity contribution in [2.24, 2.45) is 4.99 Å². The van der Waals surface area contributed by atoms with E-state index in [0.717, 1.165) is 18.8 Å². The minimum atomic E-state index is -1.40. The zero-order valence-electron chi connectivity index (χ0n) is 20.7. The molecule has 1 aromatic carbocycles. The summed E-state index contributed by atoms with van der Waals surface area (Å²) in [5, 5.41) is 0.445. The molecule has 5 heteroatoms. The van der Waals surface area contributed by atoms with E-state index in [1.807, 2.05) is 20.8 Å². The monoisotopic (exact) mass is 430 g/mol. The molecule has 1 aliphatic rings. The fraction of sp³-hybridized carbons (Fsp3) is 0.680. The van der Waals surface area contributed by atoms with Gasteiger partial charge in [-0.2, -0.15) is 4.99 Å². The fourth-order valence-corrected chi connectivity index (χ4v) is 11.6. The van der Waals surface area contributed by atoms with Crippen LogP contribution in [0.1, 0.15) is 74.8 Å². The topological polar surface area (TPSA) is 41.9 Å². The summed E-state index contributed by atoms with van der Waals surface area (Å²) >= 11 is 0. The Hall–Kier alpha value is -1.46. The predicted octanol–water partition coefficient (Wildman–Crippen LogP) is 6.46. The predicted molar refractivity (Wildman–Crippen MR) is 130 cm³/mol. The smallest absolute Gasteiger partial charge is 0.434 e. The van der Waals surface area contributed by atoms with E-state index in [1.165, 1.54) is 5.56 Å². The van der Waals surface area contributed by atoms with Gasteiger partial charge in [0.05, 0.1) is 8.80 Å². The van der Waals surface area contributed by atoms with Crippen molar-refractivity contribution >= 4 is 20.6 Å². The highest BCUT2D eigenvalue weighted by molar-refractivity contribution is 6.71. The number of aliphatic imine (C=N–C) groups is 1. The minimum absolute atomic E-state index is 0.127. The van der Waals surface area contributed by atoms with Crippen LogP contribution in [0.15, 0.2) is 35.3 Å². The number of benzene rings is 1. The Balaban J connectivity index is 2.45. The molecule has 0 aliphatic carbocycles. The zero-order chi connectivity index (χ0) is 22.9. The van der Waals surface area contributed by atoms with Crippen molar-refractivity contribution in [2.45, 2.75) is 103 Å². The Morgan fingerprint density at radius 3 is 2.03 bits per heavy atom. The Kier molecular flexibility index (Phi) is 7.40. The van der Waals surface area contributed by atoms with Gasteiger partial charge in [-0.3, -0.25) is 4.90 Å². The van der Waals surface area contributed by atoms with Crippen LogP contribution in [-0.2, 0) is 11.3 Å². The van der Waals surface area contributed by atoms with Crippen LogP contribution in [0.3, 0.4) is 0 Å². The number of carbonyl (C=O) groups excluding carboxylic acids is 1. The maximum Gasteiger partial charge on any atom is 0.434 e. The molecule has 1 aromatic rings. The third kappa shape index (κ3) is 6.52. The van der Waals surface area contributed by atoms with E-state index >= 15 is 0 Å². The second kappa shape index (κ2) is 8.95. The summed E-state index contributed by atoms with van der Waals surface area (Å²) in [5.41, 5.74) is 2.14. The Bertz CT molecular complexity index is 740. The van der Waals surface area contributed by atoms with Crippen LogP contribution in [0.4, 0.5) is 4.79 Å². The van der Waals surface area contributed by atoms with Crippen molar-refractivity contribution in [2.75, 3.05) is 6.54 Å². The van der Waals surface area contributed by atoms with Crippen LogP contribution < -0.4 is 0 Å². The first kappa shape index (κ1) is 24.8. The van der Waals surface area contributed by atoms with Crippen molar-refractivity contribution < 1.29 is 9.53 Å². The van der Waals surface area contributed by atoms with Crippen LogP contribution in [0.25, 0.3) is 0 Å². The maximum atomic E-state index is 12.7. The number of carbonyl (C=O) groups is 1. The molecule has 0 aromatic heterocycles. The summed E-state index contributed by atoms with van der Waals surface area (Å²) < 4.78 is 5.57. The summed E-state index contributed by atoms with van der Waals surface area (Å²) in [6, 6.07) is 10.7. The van der Waals surface area contributed by atoms with Gasteiger partial charge in [0.2, 0.25) is 0 Å².